The number of amides is 5. The molecule has 1 saturated carbocycles. The average molecular weight is 637 g/mol. The van der Waals surface area contributed by atoms with Crippen molar-refractivity contribution in [1.29, 1.82) is 0 Å². The van der Waals surface area contributed by atoms with Crippen LogP contribution in [0.5, 0.6) is 0 Å². The first-order valence-electron chi connectivity index (χ1n) is 14.7. The van der Waals surface area contributed by atoms with Crippen LogP contribution in [0.4, 0.5) is 31.0 Å². The maximum atomic E-state index is 15.4. The highest BCUT2D eigenvalue weighted by molar-refractivity contribution is 5.92. The molecule has 2 saturated heterocycles. The van der Waals surface area contributed by atoms with Crippen molar-refractivity contribution in [2.45, 2.75) is 38.6 Å². The smallest absolute Gasteiger partial charge is 0.415 e. The van der Waals surface area contributed by atoms with Crippen molar-refractivity contribution < 1.29 is 32.8 Å². The maximum Gasteiger partial charge on any atom is 0.415 e. The number of rotatable bonds is 7. The molecule has 6 rings (SSSR count). The van der Waals surface area contributed by atoms with Gasteiger partial charge in [-0.2, -0.15) is 4.74 Å². The lowest BCUT2D eigenvalue weighted by molar-refractivity contribution is -0.120. The number of ether oxygens (including phenoxy) is 1. The van der Waals surface area contributed by atoms with Crippen LogP contribution < -0.4 is 36.8 Å². The van der Waals surface area contributed by atoms with E-state index in [1.54, 1.807) is 36.4 Å². The van der Waals surface area contributed by atoms with Gasteiger partial charge >= 0.3 is 17.7 Å². The molecule has 3 aromatic rings. The molecular weight excluding hydrogens is 603 g/mol. The molecule has 2 aliphatic heterocycles. The van der Waals surface area contributed by atoms with Crippen LogP contribution in [0.1, 0.15) is 20.3 Å². The van der Waals surface area contributed by atoms with E-state index in [0.717, 1.165) is 0 Å². The number of anilines is 3. The highest BCUT2D eigenvalue weighted by atomic mass is 19.1. The molecule has 15 nitrogen and oxygen atoms in total. The van der Waals surface area contributed by atoms with Crippen LogP contribution in [0.15, 0.2) is 58.0 Å². The van der Waals surface area contributed by atoms with Gasteiger partial charge in [0.15, 0.2) is 5.60 Å². The molecule has 3 fully saturated rings. The van der Waals surface area contributed by atoms with Gasteiger partial charge in [0, 0.05) is 45.6 Å². The fraction of sp³-hybridized carbons (Fsp3) is 0.367. The second-order valence-corrected chi connectivity index (χ2v) is 11.4. The highest BCUT2D eigenvalue weighted by Crippen LogP contribution is 2.46. The minimum atomic E-state index is -0.778. The molecule has 3 aliphatic rings. The van der Waals surface area contributed by atoms with E-state index in [4.69, 9.17) is 9.26 Å². The van der Waals surface area contributed by atoms with E-state index >= 15 is 4.39 Å². The van der Waals surface area contributed by atoms with Gasteiger partial charge in [0.1, 0.15) is 12.5 Å². The Morgan fingerprint density at radius 1 is 1.04 bits per heavy atom. The Hall–Kier alpha value is -5.38. The van der Waals surface area contributed by atoms with Gasteiger partial charge in [0.25, 0.3) is 0 Å². The van der Waals surface area contributed by atoms with E-state index in [2.05, 4.69) is 21.4 Å². The van der Waals surface area contributed by atoms with Crippen LogP contribution >= 0.6 is 0 Å². The quantitative estimate of drug-likeness (QED) is 0.302. The molecule has 2 atom stereocenters. The zero-order chi connectivity index (χ0) is 32.6. The van der Waals surface area contributed by atoms with E-state index in [1.165, 1.54) is 40.8 Å². The second-order valence-electron chi connectivity index (χ2n) is 11.4. The number of hydrogen-bond donors (Lipinski definition) is 4. The number of hydrazine groups is 1. The van der Waals surface area contributed by atoms with Gasteiger partial charge in [-0.3, -0.25) is 19.5 Å². The summed E-state index contributed by atoms with van der Waals surface area (Å²) in [6.45, 7) is 4.38. The fourth-order valence-corrected chi connectivity index (χ4v) is 5.62. The average Bonchev–Trinajstić information content (AvgIpc) is 3.46. The SMILES string of the molecule is CC(=O)NCn1cc(-c2ccc(NC(=O)N3CCN(c4ccc(N5C[C@]6(C[C@@H]6NC(C)=O)OC5=O)cc4F)CCN3)cc2)c(=O)o1. The summed E-state index contributed by atoms with van der Waals surface area (Å²) in [7, 11) is 0. The van der Waals surface area contributed by atoms with Gasteiger partial charge in [-0.1, -0.05) is 12.1 Å². The Kier molecular flexibility index (Phi) is 8.12. The van der Waals surface area contributed by atoms with Crippen molar-refractivity contribution in [2.24, 2.45) is 0 Å². The summed E-state index contributed by atoms with van der Waals surface area (Å²) in [6.07, 6.45) is 1.42. The van der Waals surface area contributed by atoms with Crippen LogP contribution in [0.3, 0.4) is 0 Å². The molecule has 0 radical (unpaired) electrons. The largest absolute Gasteiger partial charge is 0.438 e. The normalized spacial score (nSPS) is 20.7. The molecule has 242 valence electrons. The van der Waals surface area contributed by atoms with Crippen molar-refractivity contribution in [3.05, 3.63) is 64.9 Å². The highest BCUT2D eigenvalue weighted by Gasteiger charge is 2.64. The first kappa shape index (κ1) is 30.6. The third-order valence-electron chi connectivity index (χ3n) is 8.07. The van der Waals surface area contributed by atoms with Crippen molar-refractivity contribution in [3.8, 4) is 11.1 Å². The van der Waals surface area contributed by atoms with Crippen LogP contribution in [-0.2, 0) is 21.0 Å². The van der Waals surface area contributed by atoms with E-state index in [-0.39, 0.29) is 37.6 Å². The molecule has 1 spiro atoms. The molecular formula is C30H33FN8O7. The Balaban J connectivity index is 1.04. The van der Waals surface area contributed by atoms with Crippen LogP contribution in [0.2, 0.25) is 0 Å². The summed E-state index contributed by atoms with van der Waals surface area (Å²) in [6, 6.07) is 10.5. The predicted molar refractivity (Wildman–Crippen MR) is 163 cm³/mol. The van der Waals surface area contributed by atoms with E-state index < -0.39 is 29.2 Å². The number of nitrogens with zero attached hydrogens (tertiary/aromatic N) is 4. The maximum absolute atomic E-state index is 15.4. The van der Waals surface area contributed by atoms with Crippen molar-refractivity contribution >= 4 is 41.0 Å². The summed E-state index contributed by atoms with van der Waals surface area (Å²) in [5.74, 6) is -0.979. The fourth-order valence-electron chi connectivity index (χ4n) is 5.62. The molecule has 4 N–H and O–H groups in total. The van der Waals surface area contributed by atoms with Crippen LogP contribution in [-0.4, -0.2) is 78.1 Å². The number of nitrogens with one attached hydrogen (secondary N) is 4. The lowest BCUT2D eigenvalue weighted by Crippen LogP contribution is -2.46. The summed E-state index contributed by atoms with van der Waals surface area (Å²) in [4.78, 5) is 63.5. The monoisotopic (exact) mass is 636 g/mol. The summed E-state index contributed by atoms with van der Waals surface area (Å²) >= 11 is 0. The number of carbonyl (C=O) groups is 4. The number of aromatic nitrogens is 1. The lowest BCUT2D eigenvalue weighted by atomic mass is 10.1. The number of urea groups is 1. The zero-order valence-corrected chi connectivity index (χ0v) is 25.2. The molecule has 16 heteroatoms. The zero-order valence-electron chi connectivity index (χ0n) is 25.2. The van der Waals surface area contributed by atoms with E-state index in [9.17, 15) is 24.0 Å². The summed E-state index contributed by atoms with van der Waals surface area (Å²) < 4.78 is 27.2. The topological polar surface area (TPSA) is 170 Å². The van der Waals surface area contributed by atoms with Gasteiger partial charge in [-0.15, -0.1) is 0 Å². The van der Waals surface area contributed by atoms with Crippen LogP contribution in [0, 0.1) is 5.82 Å². The first-order valence-corrected chi connectivity index (χ1v) is 14.7. The third kappa shape index (κ3) is 6.37. The molecule has 5 amide bonds. The van der Waals surface area contributed by atoms with Crippen molar-refractivity contribution in [1.82, 2.24) is 25.8 Å². The van der Waals surface area contributed by atoms with Gasteiger partial charge in [0.2, 0.25) is 11.8 Å². The molecule has 1 aliphatic carbocycles. The third-order valence-corrected chi connectivity index (χ3v) is 8.07. The Labute approximate surface area is 262 Å². The molecule has 3 heterocycles. The van der Waals surface area contributed by atoms with Crippen molar-refractivity contribution in [3.63, 3.8) is 0 Å². The molecule has 46 heavy (non-hydrogen) atoms. The minimum absolute atomic E-state index is 0.0228. The Morgan fingerprint density at radius 3 is 2.54 bits per heavy atom. The molecule has 0 unspecified atom stereocenters. The number of halogens is 1. The minimum Gasteiger partial charge on any atom is -0.438 e. The predicted octanol–water partition coefficient (Wildman–Crippen LogP) is 1.80. The number of carbonyl (C=O) groups excluding carboxylic acids is 4. The molecule has 2 aromatic carbocycles. The second kappa shape index (κ2) is 12.2. The summed E-state index contributed by atoms with van der Waals surface area (Å²) in [5.41, 5.74) is 3.79. The molecule has 0 bridgehead atoms. The number of benzene rings is 2. The first-order chi connectivity index (χ1) is 22.0. The van der Waals surface area contributed by atoms with E-state index in [1.807, 2.05) is 4.90 Å². The summed E-state index contributed by atoms with van der Waals surface area (Å²) in [5, 5.41) is 9.54. The lowest BCUT2D eigenvalue weighted by Gasteiger charge is -2.24. The van der Waals surface area contributed by atoms with Gasteiger partial charge in [0.05, 0.1) is 42.3 Å². The molecule has 1 aromatic heterocycles. The van der Waals surface area contributed by atoms with Crippen LogP contribution in [0.25, 0.3) is 11.1 Å². The Morgan fingerprint density at radius 2 is 1.83 bits per heavy atom. The van der Waals surface area contributed by atoms with Gasteiger partial charge in [-0.25, -0.2) is 24.2 Å². The number of hydrogen-bond acceptors (Lipinski definition) is 9. The van der Waals surface area contributed by atoms with E-state index in [0.29, 0.717) is 54.2 Å². The van der Waals surface area contributed by atoms with Crippen molar-refractivity contribution in [2.75, 3.05) is 47.8 Å². The van der Waals surface area contributed by atoms with Gasteiger partial charge in [-0.05, 0) is 35.9 Å². The van der Waals surface area contributed by atoms with Gasteiger partial charge < -0.3 is 30.1 Å². The Bertz CT molecular complexity index is 1740. The standard InChI is InChI=1S/C30H33FN8O7/c1-18(40)32-17-37-15-23(27(42)46-37)20-3-5-21(6-4-20)35-28(43)39-12-11-36(10-9-33-39)25-8-7-22(13-24(25)31)38-16-30(45-29(38)44)14-26(30)34-19(2)41/h3-8,13,15,26,33H,9-12,14,16-17H2,1-2H3,(H,32,40)(H,34,41)(H,35,43)/t26-,30-/m0/s1.